The van der Waals surface area contributed by atoms with Gasteiger partial charge in [-0.25, -0.2) is 8.42 Å². The monoisotopic (exact) mass is 410 g/mol. The molecule has 128 valence electrons. The maximum absolute atomic E-state index is 12.3. The fourth-order valence-electron chi connectivity index (χ4n) is 2.16. The van der Waals surface area contributed by atoms with E-state index < -0.39 is 22.0 Å². The lowest BCUT2D eigenvalue weighted by Crippen LogP contribution is -2.41. The molecule has 1 amide bonds. The molecule has 1 atom stereocenters. The zero-order chi connectivity index (χ0) is 17.7. The van der Waals surface area contributed by atoms with Crippen molar-refractivity contribution < 1.29 is 13.2 Å². The second-order valence-corrected chi connectivity index (χ2v) is 7.93. The highest BCUT2D eigenvalue weighted by Crippen LogP contribution is 2.17. The van der Waals surface area contributed by atoms with Gasteiger partial charge in [0.2, 0.25) is 15.9 Å². The summed E-state index contributed by atoms with van der Waals surface area (Å²) in [6.45, 7) is 3.50. The van der Waals surface area contributed by atoms with Gasteiger partial charge in [-0.3, -0.25) is 4.79 Å². The van der Waals surface area contributed by atoms with Crippen molar-refractivity contribution in [2.75, 3.05) is 5.32 Å². The summed E-state index contributed by atoms with van der Waals surface area (Å²) in [4.78, 5) is 12.4. The highest BCUT2D eigenvalue weighted by molar-refractivity contribution is 9.10. The first-order chi connectivity index (χ1) is 11.3. The Kier molecular flexibility index (Phi) is 6.15. The Labute approximate surface area is 150 Å². The quantitative estimate of drug-likeness (QED) is 0.766. The Bertz CT molecular complexity index is 820. The van der Waals surface area contributed by atoms with Gasteiger partial charge in [-0.05, 0) is 49.2 Å². The molecule has 2 N–H and O–H groups in total. The lowest BCUT2D eigenvalue weighted by molar-refractivity contribution is -0.117. The van der Waals surface area contributed by atoms with Crippen LogP contribution in [-0.4, -0.2) is 20.4 Å². The first kappa shape index (κ1) is 18.6. The molecule has 0 spiro atoms. The zero-order valence-electron chi connectivity index (χ0n) is 13.4. The van der Waals surface area contributed by atoms with Crippen molar-refractivity contribution >= 4 is 37.5 Å². The first-order valence-corrected chi connectivity index (χ1v) is 9.77. The molecular weight excluding hydrogens is 392 g/mol. The van der Waals surface area contributed by atoms with Crippen molar-refractivity contribution in [1.29, 1.82) is 0 Å². The van der Waals surface area contributed by atoms with Crippen LogP contribution in [0.3, 0.4) is 0 Å². The summed E-state index contributed by atoms with van der Waals surface area (Å²) in [5.74, 6) is -0.406. The van der Waals surface area contributed by atoms with E-state index in [1.807, 2.05) is 25.1 Å². The molecule has 0 heterocycles. The minimum Gasteiger partial charge on any atom is -0.324 e. The second kappa shape index (κ2) is 7.92. The van der Waals surface area contributed by atoms with E-state index >= 15 is 0 Å². The van der Waals surface area contributed by atoms with E-state index in [0.29, 0.717) is 5.69 Å². The van der Waals surface area contributed by atoms with Crippen LogP contribution in [0.1, 0.15) is 19.4 Å². The molecule has 2 aromatic carbocycles. The van der Waals surface area contributed by atoms with Crippen LogP contribution < -0.4 is 10.0 Å². The maximum atomic E-state index is 12.3. The Morgan fingerprint density at radius 2 is 1.75 bits per heavy atom. The SMILES string of the molecule is CCc1ccccc1NC(=O)C(C)NS(=O)(=O)c1ccc(Br)cc1. The van der Waals surface area contributed by atoms with Crippen LogP contribution in [-0.2, 0) is 21.2 Å². The molecule has 0 aliphatic carbocycles. The minimum absolute atomic E-state index is 0.110. The van der Waals surface area contributed by atoms with Gasteiger partial charge < -0.3 is 5.32 Å². The van der Waals surface area contributed by atoms with E-state index in [9.17, 15) is 13.2 Å². The Balaban J connectivity index is 2.09. The number of hydrogen-bond donors (Lipinski definition) is 2. The Morgan fingerprint density at radius 1 is 1.12 bits per heavy atom. The molecular formula is C17H19BrN2O3S. The predicted molar refractivity (Wildman–Crippen MR) is 98.4 cm³/mol. The lowest BCUT2D eigenvalue weighted by Gasteiger charge is -2.16. The number of benzene rings is 2. The molecule has 0 aromatic heterocycles. The van der Waals surface area contributed by atoms with Gasteiger partial charge in [-0.1, -0.05) is 41.1 Å². The fourth-order valence-corrected chi connectivity index (χ4v) is 3.63. The number of nitrogens with one attached hydrogen (secondary N) is 2. The number of amides is 1. The summed E-state index contributed by atoms with van der Waals surface area (Å²) < 4.78 is 27.8. The molecule has 5 nitrogen and oxygen atoms in total. The van der Waals surface area contributed by atoms with E-state index in [1.54, 1.807) is 18.2 Å². The van der Waals surface area contributed by atoms with Crippen LogP contribution >= 0.6 is 15.9 Å². The Morgan fingerprint density at radius 3 is 2.38 bits per heavy atom. The molecule has 0 radical (unpaired) electrons. The average Bonchev–Trinajstić information content (AvgIpc) is 2.55. The molecule has 7 heteroatoms. The number of rotatable bonds is 6. The third kappa shape index (κ3) is 4.66. The van der Waals surface area contributed by atoms with Crippen LogP contribution in [0.15, 0.2) is 57.9 Å². The number of hydrogen-bond acceptors (Lipinski definition) is 3. The van der Waals surface area contributed by atoms with Gasteiger partial charge in [-0.15, -0.1) is 0 Å². The second-order valence-electron chi connectivity index (χ2n) is 5.30. The topological polar surface area (TPSA) is 75.3 Å². The highest BCUT2D eigenvalue weighted by Gasteiger charge is 2.22. The average molecular weight is 411 g/mol. The van der Waals surface area contributed by atoms with Crippen LogP contribution in [0.5, 0.6) is 0 Å². The van der Waals surface area contributed by atoms with Crippen molar-refractivity contribution in [2.24, 2.45) is 0 Å². The van der Waals surface area contributed by atoms with Crippen molar-refractivity contribution in [2.45, 2.75) is 31.2 Å². The number of halogens is 1. The van der Waals surface area contributed by atoms with Gasteiger partial charge in [0.25, 0.3) is 0 Å². The normalized spacial score (nSPS) is 12.6. The van der Waals surface area contributed by atoms with Gasteiger partial charge in [0.05, 0.1) is 10.9 Å². The number of aryl methyl sites for hydroxylation is 1. The van der Waals surface area contributed by atoms with Crippen LogP contribution in [0, 0.1) is 0 Å². The summed E-state index contributed by atoms with van der Waals surface area (Å²) in [5.41, 5.74) is 1.69. The van der Waals surface area contributed by atoms with Crippen molar-refractivity contribution in [1.82, 2.24) is 4.72 Å². The number of carbonyl (C=O) groups is 1. The molecule has 1 unspecified atom stereocenters. The molecule has 2 aromatic rings. The lowest BCUT2D eigenvalue weighted by atomic mass is 10.1. The molecule has 0 fully saturated rings. The van der Waals surface area contributed by atoms with Crippen LogP contribution in [0.2, 0.25) is 0 Å². The van der Waals surface area contributed by atoms with Crippen LogP contribution in [0.4, 0.5) is 5.69 Å². The van der Waals surface area contributed by atoms with Crippen molar-refractivity contribution in [3.05, 3.63) is 58.6 Å². The smallest absolute Gasteiger partial charge is 0.242 e. The van der Waals surface area contributed by atoms with Gasteiger partial charge in [0.15, 0.2) is 0 Å². The summed E-state index contributed by atoms with van der Waals surface area (Å²) >= 11 is 3.26. The molecule has 2 rings (SSSR count). The van der Waals surface area contributed by atoms with Gasteiger partial charge >= 0.3 is 0 Å². The van der Waals surface area contributed by atoms with Gasteiger partial charge in [0.1, 0.15) is 0 Å². The number of sulfonamides is 1. The number of para-hydroxylation sites is 1. The molecule has 0 aliphatic rings. The third-order valence-electron chi connectivity index (χ3n) is 3.51. The van der Waals surface area contributed by atoms with Crippen molar-refractivity contribution in [3.63, 3.8) is 0 Å². The molecule has 0 aliphatic heterocycles. The van der Waals surface area contributed by atoms with Gasteiger partial charge in [-0.2, -0.15) is 4.72 Å². The summed E-state index contributed by atoms with van der Waals surface area (Å²) in [6, 6.07) is 12.8. The first-order valence-electron chi connectivity index (χ1n) is 7.50. The zero-order valence-corrected chi connectivity index (χ0v) is 15.8. The van der Waals surface area contributed by atoms with E-state index in [4.69, 9.17) is 0 Å². The molecule has 0 bridgehead atoms. The third-order valence-corrected chi connectivity index (χ3v) is 5.59. The predicted octanol–water partition coefficient (Wildman–Crippen LogP) is 3.32. The molecule has 0 saturated heterocycles. The largest absolute Gasteiger partial charge is 0.324 e. The fraction of sp³-hybridized carbons (Fsp3) is 0.235. The molecule has 0 saturated carbocycles. The Hall–Kier alpha value is -1.70. The van der Waals surface area contributed by atoms with E-state index in [0.717, 1.165) is 16.5 Å². The van der Waals surface area contributed by atoms with E-state index in [1.165, 1.54) is 19.1 Å². The summed E-state index contributed by atoms with van der Waals surface area (Å²) in [6.07, 6.45) is 0.773. The maximum Gasteiger partial charge on any atom is 0.242 e. The summed E-state index contributed by atoms with van der Waals surface area (Å²) in [7, 11) is -3.76. The standard InChI is InChI=1S/C17H19BrN2O3S/c1-3-13-6-4-5-7-16(13)19-17(21)12(2)20-24(22,23)15-10-8-14(18)9-11-15/h4-12,20H,3H2,1-2H3,(H,19,21). The number of carbonyl (C=O) groups excluding carboxylic acids is 1. The summed E-state index contributed by atoms with van der Waals surface area (Å²) in [5, 5.41) is 2.77. The van der Waals surface area contributed by atoms with E-state index in [-0.39, 0.29) is 4.90 Å². The van der Waals surface area contributed by atoms with Crippen LogP contribution in [0.25, 0.3) is 0 Å². The number of anilines is 1. The van der Waals surface area contributed by atoms with Gasteiger partial charge in [0, 0.05) is 10.2 Å². The van der Waals surface area contributed by atoms with Crippen molar-refractivity contribution in [3.8, 4) is 0 Å². The minimum atomic E-state index is -3.76. The van der Waals surface area contributed by atoms with E-state index in [2.05, 4.69) is 26.0 Å². The highest BCUT2D eigenvalue weighted by atomic mass is 79.9. The molecule has 24 heavy (non-hydrogen) atoms.